The fraction of sp³-hybridized carbons (Fsp3) is 0.333. The molecule has 2 amide bonds. The Morgan fingerprint density at radius 1 is 1.53 bits per heavy atom. The van der Waals surface area contributed by atoms with E-state index in [1.54, 1.807) is 6.07 Å². The van der Waals surface area contributed by atoms with Crippen LogP contribution in [-0.2, 0) is 9.59 Å². The molecule has 0 spiro atoms. The Hall–Kier alpha value is -1.49. The van der Waals surface area contributed by atoms with Crippen LogP contribution in [0.25, 0.3) is 0 Å². The van der Waals surface area contributed by atoms with Crippen molar-refractivity contribution in [3.63, 3.8) is 0 Å². The molecule has 1 heterocycles. The highest BCUT2D eigenvalue weighted by molar-refractivity contribution is 8.00. The maximum Gasteiger partial charge on any atom is 0.234 e. The van der Waals surface area contributed by atoms with E-state index >= 15 is 0 Å². The van der Waals surface area contributed by atoms with Crippen LogP contribution in [0.4, 0.5) is 11.4 Å². The van der Waals surface area contributed by atoms with Gasteiger partial charge in [-0.15, -0.1) is 11.8 Å². The van der Waals surface area contributed by atoms with Crippen LogP contribution in [0.3, 0.4) is 0 Å². The molecular formula is C12H14N2O2S. The van der Waals surface area contributed by atoms with Crippen molar-refractivity contribution < 1.29 is 9.59 Å². The second-order valence-electron chi connectivity index (χ2n) is 3.85. The molecule has 0 saturated carbocycles. The lowest BCUT2D eigenvalue weighted by Gasteiger charge is -2.17. The van der Waals surface area contributed by atoms with E-state index in [1.807, 2.05) is 19.1 Å². The van der Waals surface area contributed by atoms with Gasteiger partial charge in [0.2, 0.25) is 11.8 Å². The van der Waals surface area contributed by atoms with E-state index in [9.17, 15) is 9.59 Å². The lowest BCUT2D eigenvalue weighted by molar-refractivity contribution is -0.116. The van der Waals surface area contributed by atoms with Crippen LogP contribution in [0.5, 0.6) is 0 Å². The number of carbonyl (C=O) groups excluding carboxylic acids is 2. The third-order valence-corrected chi connectivity index (χ3v) is 3.45. The topological polar surface area (TPSA) is 58.2 Å². The quantitative estimate of drug-likeness (QED) is 0.866. The van der Waals surface area contributed by atoms with Crippen molar-refractivity contribution in [3.05, 3.63) is 18.2 Å². The van der Waals surface area contributed by atoms with Gasteiger partial charge in [0.25, 0.3) is 0 Å². The van der Waals surface area contributed by atoms with Gasteiger partial charge in [0.05, 0.1) is 11.4 Å². The molecule has 17 heavy (non-hydrogen) atoms. The van der Waals surface area contributed by atoms with Gasteiger partial charge in [-0.05, 0) is 24.6 Å². The fourth-order valence-electron chi connectivity index (χ4n) is 1.61. The molecule has 90 valence electrons. The molecule has 0 radical (unpaired) electrons. The molecule has 0 fully saturated rings. The summed E-state index contributed by atoms with van der Waals surface area (Å²) < 4.78 is 0. The van der Waals surface area contributed by atoms with Crippen LogP contribution in [0, 0.1) is 0 Å². The highest BCUT2D eigenvalue weighted by atomic mass is 32.2. The minimum atomic E-state index is -0.000431. The predicted octanol–water partition coefficient (Wildman–Crippen LogP) is 2.47. The molecular weight excluding hydrogens is 236 g/mol. The number of fused-ring (bicyclic) bond motifs is 1. The Kier molecular flexibility index (Phi) is 3.68. The summed E-state index contributed by atoms with van der Waals surface area (Å²) in [6.45, 7) is 1.96. The number of carbonyl (C=O) groups is 2. The van der Waals surface area contributed by atoms with Crippen molar-refractivity contribution in [1.29, 1.82) is 0 Å². The summed E-state index contributed by atoms with van der Waals surface area (Å²) in [6.07, 6.45) is 1.33. The molecule has 1 aliphatic rings. The van der Waals surface area contributed by atoms with Crippen LogP contribution < -0.4 is 10.6 Å². The third-order valence-electron chi connectivity index (χ3n) is 2.37. The summed E-state index contributed by atoms with van der Waals surface area (Å²) in [7, 11) is 0. The molecule has 2 N–H and O–H groups in total. The zero-order valence-corrected chi connectivity index (χ0v) is 10.4. The first-order chi connectivity index (χ1) is 8.19. The van der Waals surface area contributed by atoms with Crippen molar-refractivity contribution in [2.75, 3.05) is 16.4 Å². The maximum absolute atomic E-state index is 11.4. The standard InChI is InChI=1S/C12H14N2O2S/c1-2-3-11(15)13-8-4-5-10-9(6-8)14-12(16)7-17-10/h4-6H,2-3,7H2,1H3,(H,13,15)(H,14,16). The Bertz CT molecular complexity index is 460. The summed E-state index contributed by atoms with van der Waals surface area (Å²) in [5.74, 6) is 0.455. The van der Waals surface area contributed by atoms with Crippen molar-refractivity contribution in [1.82, 2.24) is 0 Å². The Labute approximate surface area is 104 Å². The summed E-state index contributed by atoms with van der Waals surface area (Å²) in [5, 5.41) is 5.60. The summed E-state index contributed by atoms with van der Waals surface area (Å²) in [4.78, 5) is 23.7. The Morgan fingerprint density at radius 3 is 3.12 bits per heavy atom. The van der Waals surface area contributed by atoms with E-state index in [2.05, 4.69) is 10.6 Å². The van der Waals surface area contributed by atoms with Crippen molar-refractivity contribution in [2.24, 2.45) is 0 Å². The zero-order chi connectivity index (χ0) is 12.3. The van der Waals surface area contributed by atoms with E-state index in [0.717, 1.165) is 22.7 Å². The lowest BCUT2D eigenvalue weighted by Crippen LogP contribution is -2.19. The largest absolute Gasteiger partial charge is 0.326 e. The van der Waals surface area contributed by atoms with E-state index in [4.69, 9.17) is 0 Å². The van der Waals surface area contributed by atoms with Crippen molar-refractivity contribution in [2.45, 2.75) is 24.7 Å². The van der Waals surface area contributed by atoms with Gasteiger partial charge >= 0.3 is 0 Å². The first-order valence-electron chi connectivity index (χ1n) is 5.55. The average molecular weight is 250 g/mol. The summed E-state index contributed by atoms with van der Waals surface area (Å²) >= 11 is 1.51. The van der Waals surface area contributed by atoms with Crippen LogP contribution in [0.2, 0.25) is 0 Å². The number of benzene rings is 1. The van der Waals surface area contributed by atoms with Gasteiger partial charge in [0, 0.05) is 17.0 Å². The highest BCUT2D eigenvalue weighted by Gasteiger charge is 2.15. The van der Waals surface area contributed by atoms with Gasteiger partial charge in [-0.3, -0.25) is 9.59 Å². The fourth-order valence-corrected chi connectivity index (χ4v) is 2.40. The van der Waals surface area contributed by atoms with Gasteiger partial charge in [-0.2, -0.15) is 0 Å². The highest BCUT2D eigenvalue weighted by Crippen LogP contribution is 2.33. The molecule has 1 aliphatic heterocycles. The minimum absolute atomic E-state index is 0.000431. The van der Waals surface area contributed by atoms with E-state index in [0.29, 0.717) is 12.2 Å². The number of thioether (sulfide) groups is 1. The monoisotopic (exact) mass is 250 g/mol. The number of hydrogen-bond donors (Lipinski definition) is 2. The molecule has 2 rings (SSSR count). The Balaban J connectivity index is 2.13. The van der Waals surface area contributed by atoms with Crippen LogP contribution in [-0.4, -0.2) is 17.6 Å². The summed E-state index contributed by atoms with van der Waals surface area (Å²) in [6, 6.07) is 5.57. The first kappa shape index (κ1) is 12.0. The van der Waals surface area contributed by atoms with Gasteiger partial charge in [-0.25, -0.2) is 0 Å². The molecule has 0 aliphatic carbocycles. The molecule has 4 nitrogen and oxygen atoms in total. The average Bonchev–Trinajstić information content (AvgIpc) is 2.28. The number of hydrogen-bond acceptors (Lipinski definition) is 3. The first-order valence-corrected chi connectivity index (χ1v) is 6.54. The molecule has 0 saturated heterocycles. The molecule has 0 bridgehead atoms. The molecule has 1 aromatic rings. The van der Waals surface area contributed by atoms with E-state index in [1.165, 1.54) is 11.8 Å². The van der Waals surface area contributed by atoms with Gasteiger partial charge in [-0.1, -0.05) is 6.92 Å². The minimum Gasteiger partial charge on any atom is -0.326 e. The number of rotatable bonds is 3. The lowest BCUT2D eigenvalue weighted by atomic mass is 10.2. The smallest absolute Gasteiger partial charge is 0.234 e. The molecule has 5 heteroatoms. The van der Waals surface area contributed by atoms with Gasteiger partial charge < -0.3 is 10.6 Å². The van der Waals surface area contributed by atoms with E-state index < -0.39 is 0 Å². The van der Waals surface area contributed by atoms with Gasteiger partial charge in [0.1, 0.15) is 0 Å². The van der Waals surface area contributed by atoms with Crippen molar-refractivity contribution in [3.8, 4) is 0 Å². The third kappa shape index (κ3) is 3.00. The second-order valence-corrected chi connectivity index (χ2v) is 4.86. The second kappa shape index (κ2) is 5.23. The number of nitrogens with one attached hydrogen (secondary N) is 2. The molecule has 0 aromatic heterocycles. The van der Waals surface area contributed by atoms with E-state index in [-0.39, 0.29) is 11.8 Å². The number of amides is 2. The van der Waals surface area contributed by atoms with Crippen molar-refractivity contribution >= 4 is 35.0 Å². The SMILES string of the molecule is CCCC(=O)Nc1ccc2c(c1)NC(=O)CS2. The van der Waals surface area contributed by atoms with Crippen LogP contribution >= 0.6 is 11.8 Å². The number of anilines is 2. The Morgan fingerprint density at radius 2 is 2.35 bits per heavy atom. The predicted molar refractivity (Wildman–Crippen MR) is 69.3 cm³/mol. The maximum atomic E-state index is 11.4. The molecule has 0 atom stereocenters. The molecule has 0 unspecified atom stereocenters. The normalized spacial score (nSPS) is 13.8. The molecule has 1 aromatic carbocycles. The van der Waals surface area contributed by atoms with Crippen LogP contribution in [0.1, 0.15) is 19.8 Å². The summed E-state index contributed by atoms with van der Waals surface area (Å²) in [5.41, 5.74) is 1.51. The van der Waals surface area contributed by atoms with Gasteiger partial charge in [0.15, 0.2) is 0 Å². The zero-order valence-electron chi connectivity index (χ0n) is 9.58. The van der Waals surface area contributed by atoms with Crippen LogP contribution in [0.15, 0.2) is 23.1 Å².